The fraction of sp³-hybridized carbons (Fsp3) is 0.900. The molecule has 0 aromatic carbocycles. The normalized spacial score (nSPS) is 14.6. The Morgan fingerprint density at radius 1 is 1.50 bits per heavy atom. The van der Waals surface area contributed by atoms with Crippen LogP contribution < -0.4 is 5.32 Å². The van der Waals surface area contributed by atoms with E-state index >= 15 is 0 Å². The molecule has 0 fully saturated rings. The molecule has 2 unspecified atom stereocenters. The van der Waals surface area contributed by atoms with E-state index in [1.807, 2.05) is 6.92 Å². The average Bonchev–Trinajstić information content (AvgIpc) is 2.14. The molecule has 2 atom stereocenters. The van der Waals surface area contributed by atoms with Gasteiger partial charge in [-0.05, 0) is 19.3 Å². The molecule has 0 radical (unpaired) electrons. The first-order valence-corrected chi connectivity index (χ1v) is 5.14. The number of aliphatic hydroxyl groups excluding tert-OH is 1. The highest BCUT2D eigenvalue weighted by Crippen LogP contribution is 2.09. The minimum atomic E-state index is -0.449. The molecule has 0 bridgehead atoms. The molecule has 4 heteroatoms. The van der Waals surface area contributed by atoms with Gasteiger partial charge in [-0.15, -0.1) is 0 Å². The molecule has 0 aliphatic heterocycles. The van der Waals surface area contributed by atoms with Crippen LogP contribution in [0.2, 0.25) is 0 Å². The van der Waals surface area contributed by atoms with E-state index in [4.69, 9.17) is 5.11 Å². The van der Waals surface area contributed by atoms with Crippen molar-refractivity contribution in [2.75, 3.05) is 13.2 Å². The highest BCUT2D eigenvalue weighted by Gasteiger charge is 2.10. The summed E-state index contributed by atoms with van der Waals surface area (Å²) in [5, 5.41) is 11.1. The molecular formula is C10H21NO3. The number of aliphatic hydroxyl groups is 1. The second kappa shape index (κ2) is 7.62. The summed E-state index contributed by atoms with van der Waals surface area (Å²) in [4.78, 5) is 11.0. The molecule has 4 nitrogen and oxygen atoms in total. The van der Waals surface area contributed by atoms with Crippen molar-refractivity contribution in [3.05, 3.63) is 0 Å². The van der Waals surface area contributed by atoms with E-state index in [0.29, 0.717) is 5.92 Å². The number of hydrogen-bond donors (Lipinski definition) is 2. The minimum Gasteiger partial charge on any atom is -0.447 e. The lowest BCUT2D eigenvalue weighted by Crippen LogP contribution is -2.34. The number of carbonyl (C=O) groups is 1. The Hall–Kier alpha value is -0.770. The van der Waals surface area contributed by atoms with Crippen LogP contribution in [0.1, 0.15) is 33.6 Å². The molecule has 0 spiro atoms. The monoisotopic (exact) mass is 203 g/mol. The van der Waals surface area contributed by atoms with E-state index in [0.717, 1.165) is 12.8 Å². The maximum absolute atomic E-state index is 11.0. The SMILES string of the molecule is CCC(C)CC(C)NC(=O)OCCO. The van der Waals surface area contributed by atoms with Gasteiger partial charge in [-0.25, -0.2) is 4.79 Å². The molecule has 14 heavy (non-hydrogen) atoms. The molecule has 1 amide bonds. The van der Waals surface area contributed by atoms with Crippen LogP contribution in [0, 0.1) is 5.92 Å². The molecule has 0 aliphatic carbocycles. The number of rotatable bonds is 6. The molecule has 0 heterocycles. The standard InChI is InChI=1S/C10H21NO3/c1-4-8(2)7-9(3)11-10(13)14-6-5-12/h8-9,12H,4-7H2,1-3H3,(H,11,13). The third-order valence-electron chi connectivity index (χ3n) is 2.14. The second-order valence-corrected chi connectivity index (χ2v) is 3.65. The van der Waals surface area contributed by atoms with Gasteiger partial charge in [0.1, 0.15) is 6.61 Å². The van der Waals surface area contributed by atoms with Gasteiger partial charge in [0, 0.05) is 6.04 Å². The molecule has 0 saturated carbocycles. The van der Waals surface area contributed by atoms with E-state index in [1.165, 1.54) is 0 Å². The molecule has 0 aromatic rings. The van der Waals surface area contributed by atoms with Crippen LogP contribution in [0.3, 0.4) is 0 Å². The van der Waals surface area contributed by atoms with Crippen molar-refractivity contribution in [1.29, 1.82) is 0 Å². The topological polar surface area (TPSA) is 58.6 Å². The first-order valence-electron chi connectivity index (χ1n) is 5.14. The Kier molecular flexibility index (Phi) is 7.20. The highest BCUT2D eigenvalue weighted by molar-refractivity contribution is 5.67. The molecule has 0 rings (SSSR count). The number of ether oxygens (including phenoxy) is 1. The van der Waals surface area contributed by atoms with Crippen LogP contribution in [0.4, 0.5) is 4.79 Å². The smallest absolute Gasteiger partial charge is 0.407 e. The Morgan fingerprint density at radius 2 is 2.14 bits per heavy atom. The molecule has 2 N–H and O–H groups in total. The van der Waals surface area contributed by atoms with Crippen molar-refractivity contribution >= 4 is 6.09 Å². The van der Waals surface area contributed by atoms with Gasteiger partial charge in [-0.2, -0.15) is 0 Å². The predicted octanol–water partition coefficient (Wildman–Crippen LogP) is 1.53. The Morgan fingerprint density at radius 3 is 2.64 bits per heavy atom. The lowest BCUT2D eigenvalue weighted by molar-refractivity contribution is 0.116. The van der Waals surface area contributed by atoms with E-state index in [-0.39, 0.29) is 19.3 Å². The van der Waals surface area contributed by atoms with Crippen molar-refractivity contribution in [2.45, 2.75) is 39.7 Å². The zero-order valence-electron chi connectivity index (χ0n) is 9.25. The average molecular weight is 203 g/mol. The zero-order valence-corrected chi connectivity index (χ0v) is 9.25. The lowest BCUT2D eigenvalue weighted by Gasteiger charge is -2.17. The summed E-state index contributed by atoms with van der Waals surface area (Å²) in [6.07, 6.45) is 1.61. The van der Waals surface area contributed by atoms with Crippen LogP contribution in [-0.2, 0) is 4.74 Å². The van der Waals surface area contributed by atoms with Gasteiger partial charge in [-0.1, -0.05) is 20.3 Å². The van der Waals surface area contributed by atoms with Crippen molar-refractivity contribution in [2.24, 2.45) is 5.92 Å². The molecule has 0 aliphatic rings. The summed E-state index contributed by atoms with van der Waals surface area (Å²) < 4.78 is 4.68. The van der Waals surface area contributed by atoms with Gasteiger partial charge < -0.3 is 15.2 Å². The van der Waals surface area contributed by atoms with Crippen molar-refractivity contribution in [3.8, 4) is 0 Å². The third-order valence-corrected chi connectivity index (χ3v) is 2.14. The molecule has 0 saturated heterocycles. The quantitative estimate of drug-likeness (QED) is 0.688. The highest BCUT2D eigenvalue weighted by atomic mass is 16.6. The minimum absolute atomic E-state index is 0.0574. The largest absolute Gasteiger partial charge is 0.447 e. The fourth-order valence-corrected chi connectivity index (χ4v) is 1.21. The number of alkyl carbamates (subject to hydrolysis) is 1. The van der Waals surface area contributed by atoms with Crippen LogP contribution >= 0.6 is 0 Å². The predicted molar refractivity (Wildman–Crippen MR) is 55.1 cm³/mol. The summed E-state index contributed by atoms with van der Waals surface area (Å²) >= 11 is 0. The van der Waals surface area contributed by atoms with Crippen LogP contribution in [0.25, 0.3) is 0 Å². The first kappa shape index (κ1) is 13.2. The summed E-state index contributed by atoms with van der Waals surface area (Å²) in [7, 11) is 0. The number of amides is 1. The van der Waals surface area contributed by atoms with E-state index in [2.05, 4.69) is 23.9 Å². The van der Waals surface area contributed by atoms with E-state index in [9.17, 15) is 4.79 Å². The van der Waals surface area contributed by atoms with Crippen LogP contribution in [0.15, 0.2) is 0 Å². The Balaban J connectivity index is 3.60. The second-order valence-electron chi connectivity index (χ2n) is 3.65. The third kappa shape index (κ3) is 6.71. The maximum atomic E-state index is 11.0. The number of hydrogen-bond acceptors (Lipinski definition) is 3. The summed E-state index contributed by atoms with van der Waals surface area (Å²) in [6.45, 7) is 6.15. The number of nitrogens with one attached hydrogen (secondary N) is 1. The van der Waals surface area contributed by atoms with Gasteiger partial charge in [0.25, 0.3) is 0 Å². The summed E-state index contributed by atoms with van der Waals surface area (Å²) in [5.74, 6) is 0.600. The summed E-state index contributed by atoms with van der Waals surface area (Å²) in [5.41, 5.74) is 0. The molecular weight excluding hydrogens is 182 g/mol. The Labute approximate surface area is 85.6 Å². The first-order chi connectivity index (χ1) is 6.60. The van der Waals surface area contributed by atoms with Crippen molar-refractivity contribution in [3.63, 3.8) is 0 Å². The van der Waals surface area contributed by atoms with Gasteiger partial charge in [-0.3, -0.25) is 0 Å². The van der Waals surface area contributed by atoms with Crippen molar-refractivity contribution in [1.82, 2.24) is 5.32 Å². The summed E-state index contributed by atoms with van der Waals surface area (Å²) in [6, 6.07) is 0.121. The van der Waals surface area contributed by atoms with Gasteiger partial charge in [0.05, 0.1) is 6.61 Å². The number of carbonyl (C=O) groups excluding carboxylic acids is 1. The van der Waals surface area contributed by atoms with Gasteiger partial charge in [0.2, 0.25) is 0 Å². The van der Waals surface area contributed by atoms with Gasteiger partial charge >= 0.3 is 6.09 Å². The van der Waals surface area contributed by atoms with Crippen LogP contribution in [-0.4, -0.2) is 30.5 Å². The Bertz CT molecular complexity index is 161. The molecule has 0 aromatic heterocycles. The van der Waals surface area contributed by atoms with Gasteiger partial charge in [0.15, 0.2) is 0 Å². The van der Waals surface area contributed by atoms with Crippen molar-refractivity contribution < 1.29 is 14.6 Å². The van der Waals surface area contributed by atoms with Crippen LogP contribution in [0.5, 0.6) is 0 Å². The maximum Gasteiger partial charge on any atom is 0.407 e. The molecule has 84 valence electrons. The fourth-order valence-electron chi connectivity index (χ4n) is 1.21. The van der Waals surface area contributed by atoms with E-state index < -0.39 is 6.09 Å². The lowest BCUT2D eigenvalue weighted by atomic mass is 10.0. The zero-order chi connectivity index (χ0) is 11.0. The van der Waals surface area contributed by atoms with E-state index in [1.54, 1.807) is 0 Å².